The fraction of sp³-hybridized carbons (Fsp3) is 0.600. The molecule has 0 bridgehead atoms. The highest BCUT2D eigenvalue weighted by Gasteiger charge is 2.21. The maximum atomic E-state index is 13.7. The molecule has 18 heavy (non-hydrogen) atoms. The summed E-state index contributed by atoms with van der Waals surface area (Å²) >= 11 is 5.93. The van der Waals surface area contributed by atoms with Crippen LogP contribution in [0.2, 0.25) is 5.02 Å². The average Bonchev–Trinajstić information content (AvgIpc) is 2.32. The van der Waals surface area contributed by atoms with Crippen LogP contribution in [0, 0.1) is 17.7 Å². The number of benzene rings is 1. The van der Waals surface area contributed by atoms with Gasteiger partial charge < -0.3 is 5.32 Å². The molecular formula is C15H23ClFN. The molecule has 0 saturated heterocycles. The fourth-order valence-electron chi connectivity index (χ4n) is 2.11. The summed E-state index contributed by atoms with van der Waals surface area (Å²) < 4.78 is 13.7. The highest BCUT2D eigenvalue weighted by atomic mass is 35.5. The van der Waals surface area contributed by atoms with Crippen LogP contribution in [-0.4, -0.2) is 12.6 Å². The van der Waals surface area contributed by atoms with Crippen LogP contribution in [0.5, 0.6) is 0 Å². The lowest BCUT2D eigenvalue weighted by Gasteiger charge is -2.28. The number of rotatable bonds is 6. The van der Waals surface area contributed by atoms with E-state index >= 15 is 0 Å². The fourth-order valence-corrected chi connectivity index (χ4v) is 2.30. The maximum absolute atomic E-state index is 13.7. The minimum atomic E-state index is -0.168. The van der Waals surface area contributed by atoms with Gasteiger partial charge in [0.1, 0.15) is 5.82 Å². The van der Waals surface area contributed by atoms with Gasteiger partial charge in [-0.25, -0.2) is 4.39 Å². The number of likely N-dealkylation sites (N-methyl/N-ethyl adjacent to an activating group) is 1. The van der Waals surface area contributed by atoms with Crippen molar-refractivity contribution in [2.45, 2.75) is 40.2 Å². The smallest absolute Gasteiger partial charge is 0.126 e. The molecule has 2 atom stereocenters. The zero-order chi connectivity index (χ0) is 13.7. The molecule has 2 unspecified atom stereocenters. The van der Waals surface area contributed by atoms with Gasteiger partial charge in [-0.15, -0.1) is 0 Å². The first-order valence-corrected chi connectivity index (χ1v) is 7.00. The Labute approximate surface area is 115 Å². The first-order chi connectivity index (χ1) is 8.45. The van der Waals surface area contributed by atoms with E-state index in [2.05, 4.69) is 33.0 Å². The van der Waals surface area contributed by atoms with Crippen LogP contribution >= 0.6 is 11.6 Å². The Bertz CT molecular complexity index is 379. The van der Waals surface area contributed by atoms with Crippen LogP contribution in [0.15, 0.2) is 18.2 Å². The highest BCUT2D eigenvalue weighted by Crippen LogP contribution is 2.22. The summed E-state index contributed by atoms with van der Waals surface area (Å²) in [6.07, 6.45) is 0.680. The largest absolute Gasteiger partial charge is 0.314 e. The second-order valence-electron chi connectivity index (χ2n) is 5.21. The summed E-state index contributed by atoms with van der Waals surface area (Å²) in [6, 6.07) is 5.05. The summed E-state index contributed by atoms with van der Waals surface area (Å²) in [5.41, 5.74) is 0.695. The molecular weight excluding hydrogens is 249 g/mol. The van der Waals surface area contributed by atoms with Crippen molar-refractivity contribution in [2.24, 2.45) is 11.8 Å². The maximum Gasteiger partial charge on any atom is 0.126 e. The van der Waals surface area contributed by atoms with Crippen LogP contribution in [0.1, 0.15) is 33.3 Å². The molecule has 0 aliphatic carbocycles. The summed E-state index contributed by atoms with van der Waals surface area (Å²) in [4.78, 5) is 0. The Morgan fingerprint density at radius 3 is 2.50 bits per heavy atom. The topological polar surface area (TPSA) is 12.0 Å². The Balaban J connectivity index is 2.85. The molecule has 0 aliphatic heterocycles. The quantitative estimate of drug-likeness (QED) is 0.814. The van der Waals surface area contributed by atoms with E-state index in [1.54, 1.807) is 12.1 Å². The van der Waals surface area contributed by atoms with Crippen LogP contribution in [0.3, 0.4) is 0 Å². The van der Waals surface area contributed by atoms with Gasteiger partial charge in [0, 0.05) is 11.1 Å². The molecule has 102 valence electrons. The SMILES string of the molecule is CCNC(Cc1cc(Cl)ccc1F)C(C)C(C)C. The van der Waals surface area contributed by atoms with Crippen LogP contribution in [0.4, 0.5) is 4.39 Å². The molecule has 0 amide bonds. The molecule has 0 spiro atoms. The number of hydrogen-bond donors (Lipinski definition) is 1. The first-order valence-electron chi connectivity index (χ1n) is 6.63. The van der Waals surface area contributed by atoms with Crippen LogP contribution in [-0.2, 0) is 6.42 Å². The normalized spacial score (nSPS) is 14.8. The second kappa shape index (κ2) is 7.10. The van der Waals surface area contributed by atoms with E-state index in [0.29, 0.717) is 28.8 Å². The molecule has 1 N–H and O–H groups in total. The van der Waals surface area contributed by atoms with Crippen LogP contribution < -0.4 is 5.32 Å². The van der Waals surface area contributed by atoms with Crippen molar-refractivity contribution in [3.63, 3.8) is 0 Å². The van der Waals surface area contributed by atoms with Gasteiger partial charge in [0.2, 0.25) is 0 Å². The summed E-state index contributed by atoms with van der Waals surface area (Å²) in [6.45, 7) is 9.57. The van der Waals surface area contributed by atoms with E-state index in [-0.39, 0.29) is 11.9 Å². The summed E-state index contributed by atoms with van der Waals surface area (Å²) in [5.74, 6) is 0.887. The van der Waals surface area contributed by atoms with Crippen molar-refractivity contribution < 1.29 is 4.39 Å². The predicted octanol–water partition coefficient (Wildman–Crippen LogP) is 4.29. The van der Waals surface area contributed by atoms with Gasteiger partial charge >= 0.3 is 0 Å². The van der Waals surface area contributed by atoms with E-state index in [4.69, 9.17) is 11.6 Å². The van der Waals surface area contributed by atoms with Crippen LogP contribution in [0.25, 0.3) is 0 Å². The van der Waals surface area contributed by atoms with Crippen molar-refractivity contribution in [3.05, 3.63) is 34.6 Å². The average molecular weight is 272 g/mol. The molecule has 0 heterocycles. The molecule has 3 heteroatoms. The molecule has 1 aromatic rings. The first kappa shape index (κ1) is 15.5. The third-order valence-electron chi connectivity index (χ3n) is 3.60. The number of hydrogen-bond acceptors (Lipinski definition) is 1. The Kier molecular flexibility index (Phi) is 6.10. The highest BCUT2D eigenvalue weighted by molar-refractivity contribution is 6.30. The molecule has 0 aromatic heterocycles. The van der Waals surface area contributed by atoms with Crippen molar-refractivity contribution in [1.82, 2.24) is 5.32 Å². The van der Waals surface area contributed by atoms with Gasteiger partial charge in [0.15, 0.2) is 0 Å². The third-order valence-corrected chi connectivity index (χ3v) is 3.84. The van der Waals surface area contributed by atoms with E-state index in [9.17, 15) is 4.39 Å². The van der Waals surface area contributed by atoms with Gasteiger partial charge in [-0.2, -0.15) is 0 Å². The second-order valence-corrected chi connectivity index (χ2v) is 5.64. The Morgan fingerprint density at radius 2 is 1.94 bits per heavy atom. The number of nitrogens with one attached hydrogen (secondary N) is 1. The van der Waals surface area contributed by atoms with Crippen molar-refractivity contribution in [1.29, 1.82) is 0 Å². The van der Waals surface area contributed by atoms with Crippen molar-refractivity contribution in [2.75, 3.05) is 6.54 Å². The minimum Gasteiger partial charge on any atom is -0.314 e. The Hall–Kier alpha value is -0.600. The zero-order valence-electron chi connectivity index (χ0n) is 11.6. The molecule has 0 saturated carbocycles. The monoisotopic (exact) mass is 271 g/mol. The van der Waals surface area contributed by atoms with Gasteiger partial charge in [-0.1, -0.05) is 39.3 Å². The summed E-state index contributed by atoms with van der Waals surface area (Å²) in [5, 5.41) is 4.05. The van der Waals surface area contributed by atoms with E-state index in [1.165, 1.54) is 6.07 Å². The molecule has 0 radical (unpaired) electrons. The molecule has 1 rings (SSSR count). The molecule has 1 aromatic carbocycles. The summed E-state index contributed by atoms with van der Waals surface area (Å²) in [7, 11) is 0. The van der Waals surface area contributed by atoms with Gasteiger partial charge in [0.25, 0.3) is 0 Å². The molecule has 0 aliphatic rings. The van der Waals surface area contributed by atoms with Gasteiger partial charge in [0.05, 0.1) is 0 Å². The number of halogens is 2. The van der Waals surface area contributed by atoms with Crippen molar-refractivity contribution in [3.8, 4) is 0 Å². The Morgan fingerprint density at radius 1 is 1.28 bits per heavy atom. The van der Waals surface area contributed by atoms with Gasteiger partial charge in [-0.3, -0.25) is 0 Å². The van der Waals surface area contributed by atoms with Gasteiger partial charge in [-0.05, 0) is 48.6 Å². The lowest BCUT2D eigenvalue weighted by Crippen LogP contribution is -2.39. The van der Waals surface area contributed by atoms with E-state index in [0.717, 1.165) is 6.54 Å². The van der Waals surface area contributed by atoms with Crippen molar-refractivity contribution >= 4 is 11.6 Å². The minimum absolute atomic E-state index is 0.168. The van der Waals surface area contributed by atoms with E-state index < -0.39 is 0 Å². The molecule has 0 fully saturated rings. The lowest BCUT2D eigenvalue weighted by molar-refractivity contribution is 0.298. The third kappa shape index (κ3) is 4.25. The zero-order valence-corrected chi connectivity index (χ0v) is 12.4. The predicted molar refractivity (Wildman–Crippen MR) is 76.6 cm³/mol. The lowest BCUT2D eigenvalue weighted by atomic mass is 9.86. The molecule has 1 nitrogen and oxygen atoms in total. The standard InChI is InChI=1S/C15H23ClFN/c1-5-18-15(11(4)10(2)3)9-12-8-13(16)6-7-14(12)17/h6-8,10-11,15,18H,5,9H2,1-4H3. The van der Waals surface area contributed by atoms with E-state index in [1.807, 2.05) is 0 Å².